The summed E-state index contributed by atoms with van der Waals surface area (Å²) < 4.78 is 0. The van der Waals surface area contributed by atoms with Crippen molar-refractivity contribution in [2.75, 3.05) is 11.9 Å². The topological polar surface area (TPSA) is 37.4 Å². The van der Waals surface area contributed by atoms with Gasteiger partial charge in [-0.05, 0) is 31.1 Å². The van der Waals surface area contributed by atoms with E-state index >= 15 is 0 Å². The minimum atomic E-state index is -0.0694. The van der Waals surface area contributed by atoms with Gasteiger partial charge in [-0.2, -0.15) is 0 Å². The lowest BCUT2D eigenvalue weighted by Gasteiger charge is -2.38. The molecule has 0 aromatic rings. The van der Waals surface area contributed by atoms with E-state index < -0.39 is 0 Å². The minimum absolute atomic E-state index is 0.0273. The fraction of sp³-hybridized carbons (Fsp3) is 0.846. The molecular weight excluding hydrogens is 282 g/mol. The van der Waals surface area contributed by atoms with Gasteiger partial charge in [0.2, 0.25) is 11.8 Å². The van der Waals surface area contributed by atoms with Crippen molar-refractivity contribution < 1.29 is 9.59 Å². The summed E-state index contributed by atoms with van der Waals surface area (Å²) in [6.07, 6.45) is 4.81. The summed E-state index contributed by atoms with van der Waals surface area (Å²) in [5.74, 6) is 0.0547. The van der Waals surface area contributed by atoms with Crippen molar-refractivity contribution in [3.63, 3.8) is 0 Å². The highest BCUT2D eigenvalue weighted by molar-refractivity contribution is 9.09. The molecule has 0 spiro atoms. The zero-order valence-corrected chi connectivity index (χ0v) is 12.4. The molecule has 1 aliphatic heterocycles. The van der Waals surface area contributed by atoms with E-state index in [1.54, 1.807) is 0 Å². The molecule has 0 atom stereocenters. The van der Waals surface area contributed by atoms with Crippen LogP contribution in [0.15, 0.2) is 0 Å². The molecule has 98 valence electrons. The third kappa shape index (κ3) is 3.54. The third-order valence-electron chi connectivity index (χ3n) is 3.92. The number of hydrogen-bond donors (Lipinski definition) is 0. The van der Waals surface area contributed by atoms with Gasteiger partial charge < -0.3 is 0 Å². The molecule has 0 N–H and O–H groups in total. The first-order chi connectivity index (χ1) is 8.08. The Morgan fingerprint density at radius 3 is 2.06 bits per heavy atom. The van der Waals surface area contributed by atoms with Crippen LogP contribution < -0.4 is 0 Å². The van der Waals surface area contributed by atoms with Crippen LogP contribution in [-0.2, 0) is 9.59 Å². The highest BCUT2D eigenvalue weighted by Gasteiger charge is 2.40. The molecular formula is C13H22BrNO2. The van der Waals surface area contributed by atoms with Gasteiger partial charge in [0.05, 0.1) is 0 Å². The SMILES string of the molecule is CCC1(CC)CC(=O)N(CCCCBr)C(=O)C1. The Labute approximate surface area is 112 Å². The Hall–Kier alpha value is -0.380. The molecule has 0 aromatic carbocycles. The maximum absolute atomic E-state index is 12.0. The van der Waals surface area contributed by atoms with Crippen LogP contribution in [0.1, 0.15) is 52.4 Å². The van der Waals surface area contributed by atoms with Crippen molar-refractivity contribution >= 4 is 27.7 Å². The lowest BCUT2D eigenvalue weighted by Crippen LogP contribution is -2.48. The fourth-order valence-electron chi connectivity index (χ4n) is 2.40. The van der Waals surface area contributed by atoms with E-state index in [1.165, 1.54) is 4.90 Å². The van der Waals surface area contributed by atoms with Crippen LogP contribution in [0.4, 0.5) is 0 Å². The van der Waals surface area contributed by atoms with Gasteiger partial charge in [0.15, 0.2) is 0 Å². The molecule has 2 amide bonds. The van der Waals surface area contributed by atoms with Crippen molar-refractivity contribution in [1.82, 2.24) is 4.90 Å². The summed E-state index contributed by atoms with van der Waals surface area (Å²) in [5.41, 5.74) is -0.0694. The van der Waals surface area contributed by atoms with Crippen LogP contribution in [0.25, 0.3) is 0 Å². The quantitative estimate of drug-likeness (QED) is 0.429. The Morgan fingerprint density at radius 1 is 1.12 bits per heavy atom. The van der Waals surface area contributed by atoms with Crippen LogP contribution in [0.2, 0.25) is 0 Å². The number of alkyl halides is 1. The molecule has 1 heterocycles. The number of rotatable bonds is 6. The number of piperidine rings is 1. The smallest absolute Gasteiger partial charge is 0.229 e. The summed E-state index contributed by atoms with van der Waals surface area (Å²) in [5, 5.41) is 0.928. The van der Waals surface area contributed by atoms with Gasteiger partial charge in [-0.25, -0.2) is 0 Å². The van der Waals surface area contributed by atoms with Gasteiger partial charge >= 0.3 is 0 Å². The average Bonchev–Trinajstić information content (AvgIpc) is 2.32. The first kappa shape index (κ1) is 14.7. The van der Waals surface area contributed by atoms with E-state index in [4.69, 9.17) is 0 Å². The summed E-state index contributed by atoms with van der Waals surface area (Å²) in [6.45, 7) is 4.74. The number of halogens is 1. The molecule has 1 aliphatic rings. The lowest BCUT2D eigenvalue weighted by molar-refractivity contribution is -0.153. The van der Waals surface area contributed by atoms with Crippen molar-refractivity contribution in [2.45, 2.75) is 52.4 Å². The average molecular weight is 304 g/mol. The molecule has 0 unspecified atom stereocenters. The normalized spacial score (nSPS) is 19.8. The zero-order chi connectivity index (χ0) is 12.9. The Balaban J connectivity index is 2.62. The number of imide groups is 1. The van der Waals surface area contributed by atoms with Gasteiger partial charge in [-0.3, -0.25) is 14.5 Å². The number of nitrogens with zero attached hydrogens (tertiary/aromatic N) is 1. The van der Waals surface area contributed by atoms with E-state index in [1.807, 2.05) is 0 Å². The number of amides is 2. The van der Waals surface area contributed by atoms with Gasteiger partial charge in [0, 0.05) is 24.7 Å². The summed E-state index contributed by atoms with van der Waals surface area (Å²) in [6, 6.07) is 0. The van der Waals surface area contributed by atoms with E-state index in [0.717, 1.165) is 31.0 Å². The second kappa shape index (κ2) is 6.53. The Morgan fingerprint density at radius 2 is 1.65 bits per heavy atom. The number of carbonyl (C=O) groups is 2. The molecule has 3 nitrogen and oxygen atoms in total. The maximum Gasteiger partial charge on any atom is 0.229 e. The predicted molar refractivity (Wildman–Crippen MR) is 72.0 cm³/mol. The van der Waals surface area contributed by atoms with Crippen LogP contribution in [-0.4, -0.2) is 28.6 Å². The molecule has 0 bridgehead atoms. The molecule has 0 aliphatic carbocycles. The van der Waals surface area contributed by atoms with Crippen molar-refractivity contribution in [3.05, 3.63) is 0 Å². The Kier molecular flexibility index (Phi) is 5.63. The number of carbonyl (C=O) groups excluding carboxylic acids is 2. The minimum Gasteiger partial charge on any atom is -0.283 e. The first-order valence-electron chi connectivity index (χ1n) is 6.47. The van der Waals surface area contributed by atoms with Crippen molar-refractivity contribution in [1.29, 1.82) is 0 Å². The van der Waals surface area contributed by atoms with Gasteiger partial charge in [0.1, 0.15) is 0 Å². The molecule has 0 radical (unpaired) electrons. The van der Waals surface area contributed by atoms with E-state index in [0.29, 0.717) is 19.4 Å². The van der Waals surface area contributed by atoms with Crippen LogP contribution in [0.3, 0.4) is 0 Å². The van der Waals surface area contributed by atoms with Crippen molar-refractivity contribution in [3.8, 4) is 0 Å². The summed E-state index contributed by atoms with van der Waals surface area (Å²) in [4.78, 5) is 25.5. The lowest BCUT2D eigenvalue weighted by atomic mass is 9.73. The van der Waals surface area contributed by atoms with Crippen molar-refractivity contribution in [2.24, 2.45) is 5.41 Å². The highest BCUT2D eigenvalue weighted by Crippen LogP contribution is 2.39. The number of unbranched alkanes of at least 4 members (excludes halogenated alkanes) is 1. The van der Waals surface area contributed by atoms with Crippen LogP contribution in [0, 0.1) is 5.41 Å². The maximum atomic E-state index is 12.0. The molecule has 1 saturated heterocycles. The first-order valence-corrected chi connectivity index (χ1v) is 7.60. The third-order valence-corrected chi connectivity index (χ3v) is 4.48. The van der Waals surface area contributed by atoms with Gasteiger partial charge in [-0.15, -0.1) is 0 Å². The molecule has 1 rings (SSSR count). The van der Waals surface area contributed by atoms with E-state index in [-0.39, 0.29) is 17.2 Å². The molecule has 4 heteroatoms. The molecule has 0 saturated carbocycles. The standard InChI is InChI=1S/C13H22BrNO2/c1-3-13(4-2)9-11(16)15(12(17)10-13)8-6-5-7-14/h3-10H2,1-2H3. The molecule has 0 aromatic heterocycles. The second-order valence-electron chi connectivity index (χ2n) is 4.90. The molecule has 1 fully saturated rings. The van der Waals surface area contributed by atoms with Crippen LogP contribution in [0.5, 0.6) is 0 Å². The largest absolute Gasteiger partial charge is 0.283 e. The molecule has 17 heavy (non-hydrogen) atoms. The van der Waals surface area contributed by atoms with Gasteiger partial charge in [-0.1, -0.05) is 29.8 Å². The predicted octanol–water partition coefficient (Wildman–Crippen LogP) is 3.12. The van der Waals surface area contributed by atoms with E-state index in [2.05, 4.69) is 29.8 Å². The highest BCUT2D eigenvalue weighted by atomic mass is 79.9. The monoisotopic (exact) mass is 303 g/mol. The summed E-state index contributed by atoms with van der Waals surface area (Å²) in [7, 11) is 0. The zero-order valence-electron chi connectivity index (χ0n) is 10.8. The second-order valence-corrected chi connectivity index (χ2v) is 5.69. The number of hydrogen-bond acceptors (Lipinski definition) is 2. The fourth-order valence-corrected chi connectivity index (χ4v) is 2.79. The van der Waals surface area contributed by atoms with Crippen LogP contribution >= 0.6 is 15.9 Å². The van der Waals surface area contributed by atoms with E-state index in [9.17, 15) is 9.59 Å². The summed E-state index contributed by atoms with van der Waals surface area (Å²) >= 11 is 3.36. The number of likely N-dealkylation sites (tertiary alicyclic amines) is 1. The van der Waals surface area contributed by atoms with Gasteiger partial charge in [0.25, 0.3) is 0 Å². The Bertz CT molecular complexity index is 267.